The zero-order valence-electron chi connectivity index (χ0n) is 15.8. The molecule has 1 unspecified atom stereocenters. The van der Waals surface area contributed by atoms with Gasteiger partial charge in [0.25, 0.3) is 5.56 Å². The summed E-state index contributed by atoms with van der Waals surface area (Å²) in [4.78, 5) is 13.5. The molecular weight excluding hydrogens is 353 g/mol. The van der Waals surface area contributed by atoms with E-state index in [-0.39, 0.29) is 11.5 Å². The Labute approximate surface area is 156 Å². The number of anilines is 1. The average molecular weight is 377 g/mol. The van der Waals surface area contributed by atoms with Crippen LogP contribution in [0.5, 0.6) is 5.75 Å². The van der Waals surface area contributed by atoms with Crippen LogP contribution in [-0.2, 0) is 11.8 Å². The first-order valence-electron chi connectivity index (χ1n) is 8.67. The summed E-state index contributed by atoms with van der Waals surface area (Å²) >= 11 is 0. The molecule has 0 amide bonds. The summed E-state index contributed by atoms with van der Waals surface area (Å²) in [6, 6.07) is 7.78. The zero-order chi connectivity index (χ0) is 19.8. The molecule has 0 spiro atoms. The molecular formula is C19H24FN3O4. The van der Waals surface area contributed by atoms with E-state index >= 15 is 0 Å². The van der Waals surface area contributed by atoms with Gasteiger partial charge in [-0.1, -0.05) is 6.07 Å². The average Bonchev–Trinajstić information content (AvgIpc) is 3.09. The van der Waals surface area contributed by atoms with Crippen molar-refractivity contribution in [1.29, 1.82) is 0 Å². The minimum atomic E-state index is -1.45. The topological polar surface area (TPSA) is 76.8 Å². The van der Waals surface area contributed by atoms with Crippen molar-refractivity contribution in [2.24, 2.45) is 13.0 Å². The van der Waals surface area contributed by atoms with Crippen LogP contribution in [0.3, 0.4) is 0 Å². The van der Waals surface area contributed by atoms with E-state index in [2.05, 4.69) is 5.10 Å². The van der Waals surface area contributed by atoms with Gasteiger partial charge < -0.3 is 19.5 Å². The highest BCUT2D eigenvalue weighted by Crippen LogP contribution is 2.42. The van der Waals surface area contributed by atoms with Gasteiger partial charge in [-0.3, -0.25) is 4.79 Å². The fraction of sp³-hybridized carbons (Fsp3) is 0.474. The van der Waals surface area contributed by atoms with Crippen molar-refractivity contribution in [2.75, 3.05) is 32.2 Å². The maximum Gasteiger partial charge on any atom is 0.266 e. The Morgan fingerprint density at radius 3 is 2.59 bits per heavy atom. The highest BCUT2D eigenvalue weighted by atomic mass is 19.1. The largest absolute Gasteiger partial charge is 0.497 e. The third-order valence-electron chi connectivity index (χ3n) is 5.30. The highest BCUT2D eigenvalue weighted by molar-refractivity contribution is 5.42. The lowest BCUT2D eigenvalue weighted by atomic mass is 9.83. The van der Waals surface area contributed by atoms with Crippen LogP contribution in [0.4, 0.5) is 10.2 Å². The zero-order valence-corrected chi connectivity index (χ0v) is 15.8. The smallest absolute Gasteiger partial charge is 0.266 e. The molecule has 0 aliphatic carbocycles. The van der Waals surface area contributed by atoms with Gasteiger partial charge >= 0.3 is 0 Å². The summed E-state index contributed by atoms with van der Waals surface area (Å²) in [5.41, 5.74) is 0.265. The van der Waals surface area contributed by atoms with Crippen LogP contribution in [-0.4, -0.2) is 48.0 Å². The van der Waals surface area contributed by atoms with Crippen molar-refractivity contribution in [3.05, 3.63) is 52.1 Å². The number of hydrogen-bond donors (Lipinski definition) is 1. The first-order valence-corrected chi connectivity index (χ1v) is 8.67. The minimum Gasteiger partial charge on any atom is -0.497 e. The number of aryl methyl sites for hydroxylation is 1. The molecule has 1 aliphatic heterocycles. The molecule has 1 aromatic heterocycles. The van der Waals surface area contributed by atoms with E-state index in [9.17, 15) is 14.3 Å². The predicted octanol–water partition coefficient (Wildman–Crippen LogP) is 1.50. The predicted molar refractivity (Wildman–Crippen MR) is 98.5 cm³/mol. The number of nitrogens with zero attached hydrogens (tertiary/aromatic N) is 3. The van der Waals surface area contributed by atoms with E-state index in [1.807, 2.05) is 4.90 Å². The van der Waals surface area contributed by atoms with E-state index < -0.39 is 17.5 Å². The SMILES string of the molecule is COc1ccc([C@@H]2CN(c3ccc(=O)n(C)n3)C[C@H]2C(C)(O)OC)c(F)c1. The van der Waals surface area contributed by atoms with Crippen LogP contribution >= 0.6 is 0 Å². The quantitative estimate of drug-likeness (QED) is 0.796. The van der Waals surface area contributed by atoms with E-state index in [4.69, 9.17) is 9.47 Å². The number of ether oxygens (including phenoxy) is 2. The van der Waals surface area contributed by atoms with Crippen LogP contribution in [0.2, 0.25) is 0 Å². The molecule has 146 valence electrons. The summed E-state index contributed by atoms with van der Waals surface area (Å²) in [6.07, 6.45) is 0. The Hall–Kier alpha value is -2.45. The Morgan fingerprint density at radius 2 is 2.00 bits per heavy atom. The van der Waals surface area contributed by atoms with Crippen molar-refractivity contribution in [1.82, 2.24) is 9.78 Å². The van der Waals surface area contributed by atoms with Crippen LogP contribution in [0, 0.1) is 11.7 Å². The second-order valence-electron chi connectivity index (χ2n) is 6.92. The van der Waals surface area contributed by atoms with Crippen molar-refractivity contribution in [2.45, 2.75) is 18.6 Å². The number of rotatable bonds is 5. The van der Waals surface area contributed by atoms with Gasteiger partial charge in [0.15, 0.2) is 5.79 Å². The summed E-state index contributed by atoms with van der Waals surface area (Å²) in [6.45, 7) is 2.41. The van der Waals surface area contributed by atoms with Gasteiger partial charge in [0.05, 0.1) is 7.11 Å². The van der Waals surface area contributed by atoms with E-state index in [1.165, 1.54) is 31.0 Å². The second-order valence-corrected chi connectivity index (χ2v) is 6.92. The molecule has 1 aliphatic rings. The van der Waals surface area contributed by atoms with Gasteiger partial charge in [-0.25, -0.2) is 9.07 Å². The molecule has 0 bridgehead atoms. The standard InChI is InChI=1S/C19H24FN3O4/c1-19(25,27-4)15-11-23(17-7-8-18(24)22(2)21-17)10-14(15)13-6-5-12(26-3)9-16(13)20/h5-9,14-15,25H,10-11H2,1-4H3/t14-,15+,19?/m0/s1. The molecule has 8 heteroatoms. The van der Waals surface area contributed by atoms with Crippen LogP contribution in [0.1, 0.15) is 18.4 Å². The van der Waals surface area contributed by atoms with Crippen molar-refractivity contribution >= 4 is 5.82 Å². The second kappa shape index (κ2) is 7.28. The maximum atomic E-state index is 14.7. The molecule has 1 aromatic carbocycles. The van der Waals surface area contributed by atoms with Crippen LogP contribution in [0.15, 0.2) is 35.1 Å². The Bertz CT molecular complexity index is 883. The lowest BCUT2D eigenvalue weighted by Gasteiger charge is -2.32. The van der Waals surface area contributed by atoms with Gasteiger partial charge in [-0.15, -0.1) is 0 Å². The maximum absolute atomic E-state index is 14.7. The lowest BCUT2D eigenvalue weighted by molar-refractivity contribution is -0.205. The number of aliphatic hydroxyl groups is 1. The third-order valence-corrected chi connectivity index (χ3v) is 5.30. The lowest BCUT2D eigenvalue weighted by Crippen LogP contribution is -2.40. The summed E-state index contributed by atoms with van der Waals surface area (Å²) in [5.74, 6) is -1.56. The fourth-order valence-electron chi connectivity index (χ4n) is 3.59. The number of methoxy groups -OCH3 is 2. The van der Waals surface area contributed by atoms with Gasteiger partial charge in [-0.05, 0) is 24.6 Å². The first kappa shape index (κ1) is 19.3. The van der Waals surface area contributed by atoms with Crippen molar-refractivity contribution in [3.8, 4) is 5.75 Å². The van der Waals surface area contributed by atoms with Gasteiger partial charge in [0, 0.05) is 51.2 Å². The molecule has 27 heavy (non-hydrogen) atoms. The van der Waals surface area contributed by atoms with Gasteiger partial charge in [-0.2, -0.15) is 5.10 Å². The monoisotopic (exact) mass is 377 g/mol. The van der Waals surface area contributed by atoms with E-state index in [0.29, 0.717) is 30.2 Å². The minimum absolute atomic E-state index is 0.212. The summed E-state index contributed by atoms with van der Waals surface area (Å²) < 4.78 is 26.3. The third kappa shape index (κ3) is 3.68. The molecule has 1 fully saturated rings. The molecule has 2 heterocycles. The molecule has 2 aromatic rings. The first-order chi connectivity index (χ1) is 12.8. The van der Waals surface area contributed by atoms with E-state index in [0.717, 1.165) is 0 Å². The molecule has 3 rings (SSSR count). The molecule has 3 atom stereocenters. The number of halogens is 1. The van der Waals surface area contributed by atoms with Gasteiger partial charge in [0.1, 0.15) is 17.4 Å². The molecule has 1 saturated heterocycles. The van der Waals surface area contributed by atoms with Crippen molar-refractivity contribution in [3.63, 3.8) is 0 Å². The number of aromatic nitrogens is 2. The normalized spacial score (nSPS) is 21.9. The molecule has 1 N–H and O–H groups in total. The highest BCUT2D eigenvalue weighted by Gasteiger charge is 2.46. The summed E-state index contributed by atoms with van der Waals surface area (Å²) in [5, 5.41) is 15.0. The Kier molecular flexibility index (Phi) is 5.21. The van der Waals surface area contributed by atoms with Gasteiger partial charge in [0.2, 0.25) is 0 Å². The Balaban J connectivity index is 1.99. The van der Waals surface area contributed by atoms with E-state index in [1.54, 1.807) is 32.2 Å². The molecule has 0 saturated carbocycles. The van der Waals surface area contributed by atoms with Crippen LogP contribution < -0.4 is 15.2 Å². The Morgan fingerprint density at radius 1 is 1.26 bits per heavy atom. The summed E-state index contributed by atoms with van der Waals surface area (Å²) in [7, 11) is 4.48. The fourth-order valence-corrected chi connectivity index (χ4v) is 3.59. The number of benzene rings is 1. The molecule has 0 radical (unpaired) electrons. The van der Waals surface area contributed by atoms with Crippen LogP contribution in [0.25, 0.3) is 0 Å². The van der Waals surface area contributed by atoms with Crippen molar-refractivity contribution < 1.29 is 19.0 Å². The molecule has 7 nitrogen and oxygen atoms in total. The number of hydrogen-bond acceptors (Lipinski definition) is 6.